The highest BCUT2D eigenvalue weighted by molar-refractivity contribution is 5.69. The van der Waals surface area contributed by atoms with Gasteiger partial charge in [0.25, 0.3) is 0 Å². The van der Waals surface area contributed by atoms with Crippen molar-refractivity contribution in [2.45, 2.75) is 67.2 Å². The minimum absolute atomic E-state index is 0.0667. The first-order valence-electron chi connectivity index (χ1n) is 10.3. The van der Waals surface area contributed by atoms with Gasteiger partial charge in [-0.2, -0.15) is 0 Å². The van der Waals surface area contributed by atoms with E-state index in [2.05, 4.69) is 25.7 Å². The molecule has 0 spiro atoms. The second kappa shape index (κ2) is 17.7. The number of nitrogens with zero attached hydrogens (tertiary/aromatic N) is 2. The van der Waals surface area contributed by atoms with E-state index in [0.29, 0.717) is 13.0 Å². The molecule has 0 saturated heterocycles. The fraction of sp³-hybridized carbons (Fsp3) is 0.909. The van der Waals surface area contributed by atoms with Gasteiger partial charge in [0.1, 0.15) is 0 Å². The van der Waals surface area contributed by atoms with Gasteiger partial charge in [-0.1, -0.05) is 41.5 Å². The van der Waals surface area contributed by atoms with Crippen LogP contribution in [0.3, 0.4) is 0 Å². The second-order valence-corrected chi connectivity index (χ2v) is 10.1. The Bertz CT molecular complexity index is 410. The first kappa shape index (κ1) is 32.5. The van der Waals surface area contributed by atoms with Crippen LogP contribution in [0.25, 0.3) is 0 Å². The Balaban J connectivity index is -0.000000386. The molecule has 176 valence electrons. The zero-order valence-corrected chi connectivity index (χ0v) is 20.7. The maximum Gasteiger partial charge on any atom is 0.305 e. The van der Waals surface area contributed by atoms with Crippen molar-refractivity contribution in [2.75, 3.05) is 54.5 Å². The van der Waals surface area contributed by atoms with Crippen LogP contribution in [0.1, 0.15) is 67.2 Å². The van der Waals surface area contributed by atoms with Crippen LogP contribution in [-0.2, 0) is 14.3 Å². The molecule has 0 radical (unpaired) electrons. The summed E-state index contributed by atoms with van der Waals surface area (Å²) in [6, 6.07) is 0. The number of hydrogen-bond acceptors (Lipinski definition) is 6. The van der Waals surface area contributed by atoms with Gasteiger partial charge < -0.3 is 24.7 Å². The van der Waals surface area contributed by atoms with E-state index < -0.39 is 5.97 Å². The number of carboxylic acid groups (broad SMARTS) is 1. The third-order valence-electron chi connectivity index (χ3n) is 3.12. The molecule has 7 heteroatoms. The summed E-state index contributed by atoms with van der Waals surface area (Å²) in [5.74, 6) is -0.793. The van der Waals surface area contributed by atoms with Crippen LogP contribution in [-0.4, -0.2) is 86.4 Å². The Morgan fingerprint density at radius 1 is 0.793 bits per heavy atom. The topological polar surface area (TPSA) is 90.3 Å². The van der Waals surface area contributed by atoms with Crippen molar-refractivity contribution in [3.05, 3.63) is 0 Å². The van der Waals surface area contributed by atoms with E-state index in [1.54, 1.807) is 0 Å². The molecule has 0 fully saturated rings. The molecule has 29 heavy (non-hydrogen) atoms. The van der Waals surface area contributed by atoms with Gasteiger partial charge in [-0.3, -0.25) is 9.59 Å². The minimum atomic E-state index is -0.711. The molecule has 0 aromatic rings. The van der Waals surface area contributed by atoms with E-state index >= 15 is 0 Å². The molecule has 0 bridgehead atoms. The number of aliphatic hydroxyl groups is 1. The van der Waals surface area contributed by atoms with Crippen LogP contribution in [0.5, 0.6) is 0 Å². The molecule has 0 rings (SSSR count). The first-order valence-corrected chi connectivity index (χ1v) is 10.3. The van der Waals surface area contributed by atoms with E-state index in [0.717, 1.165) is 25.9 Å². The third kappa shape index (κ3) is 42.1. The number of aliphatic hydroxyl groups excluding tert-OH is 1. The standard InChI is InChI=1S/C11H23NO2.C6H13NO2.C5H12O/c1-11(2,3)9-14-10(13)7-6-8-12(4)5;1-7(2)5-3-4-6(8)9;1-5(2,3)4-6/h6-9H2,1-5H3;3-5H2,1-2H3,(H,8,9);6H,4H2,1-3H3. The first-order chi connectivity index (χ1) is 13.0. The van der Waals surface area contributed by atoms with E-state index in [4.69, 9.17) is 14.9 Å². The van der Waals surface area contributed by atoms with Crippen LogP contribution in [0, 0.1) is 10.8 Å². The molecule has 0 amide bonds. The zero-order valence-electron chi connectivity index (χ0n) is 20.7. The molecule has 0 heterocycles. The lowest BCUT2D eigenvalue weighted by molar-refractivity contribution is -0.146. The highest BCUT2D eigenvalue weighted by Gasteiger charge is 2.13. The van der Waals surface area contributed by atoms with Gasteiger partial charge in [-0.15, -0.1) is 0 Å². The molecule has 0 saturated carbocycles. The van der Waals surface area contributed by atoms with Crippen LogP contribution in [0.15, 0.2) is 0 Å². The Labute approximate surface area is 179 Å². The molecular weight excluding hydrogens is 372 g/mol. The summed E-state index contributed by atoms with van der Waals surface area (Å²) in [4.78, 5) is 25.2. The molecule has 0 unspecified atom stereocenters. The van der Waals surface area contributed by atoms with Gasteiger partial charge in [0.15, 0.2) is 0 Å². The summed E-state index contributed by atoms with van der Waals surface area (Å²) in [5.41, 5.74) is 0.164. The van der Waals surface area contributed by atoms with Gasteiger partial charge >= 0.3 is 11.9 Å². The second-order valence-electron chi connectivity index (χ2n) is 10.1. The number of carbonyl (C=O) groups is 2. The van der Waals surface area contributed by atoms with Crippen molar-refractivity contribution in [2.24, 2.45) is 10.8 Å². The molecule has 0 atom stereocenters. The predicted octanol–water partition coefficient (Wildman–Crippen LogP) is 3.36. The monoisotopic (exact) mass is 420 g/mol. The summed E-state index contributed by atoms with van der Waals surface area (Å²) in [5, 5.41) is 16.6. The Kier molecular flexibility index (Phi) is 19.8. The van der Waals surface area contributed by atoms with Gasteiger partial charge in [-0.05, 0) is 65.0 Å². The lowest BCUT2D eigenvalue weighted by atomic mass is 9.99. The molecule has 0 aliphatic carbocycles. The van der Waals surface area contributed by atoms with Crippen molar-refractivity contribution in [3.63, 3.8) is 0 Å². The van der Waals surface area contributed by atoms with Crippen molar-refractivity contribution >= 4 is 11.9 Å². The molecular formula is C22H48N2O5. The summed E-state index contributed by atoms with van der Waals surface area (Å²) in [6.07, 6.45) is 2.41. The van der Waals surface area contributed by atoms with E-state index in [-0.39, 0.29) is 29.8 Å². The summed E-state index contributed by atoms with van der Waals surface area (Å²) in [7, 11) is 7.87. The lowest BCUT2D eigenvalue weighted by Crippen LogP contribution is -2.19. The maximum atomic E-state index is 11.2. The minimum Gasteiger partial charge on any atom is -0.481 e. The summed E-state index contributed by atoms with van der Waals surface area (Å²) < 4.78 is 5.13. The van der Waals surface area contributed by atoms with Crippen molar-refractivity contribution in [1.29, 1.82) is 0 Å². The average Bonchev–Trinajstić information content (AvgIpc) is 2.52. The van der Waals surface area contributed by atoms with Crippen LogP contribution in [0.4, 0.5) is 0 Å². The SMILES string of the molecule is CC(C)(C)CO.CN(C)CCCC(=O)O.CN(C)CCCC(=O)OCC(C)(C)C. The third-order valence-corrected chi connectivity index (χ3v) is 3.12. The smallest absolute Gasteiger partial charge is 0.305 e. The Morgan fingerprint density at radius 2 is 1.17 bits per heavy atom. The fourth-order valence-corrected chi connectivity index (χ4v) is 1.46. The van der Waals surface area contributed by atoms with Crippen molar-refractivity contribution in [3.8, 4) is 0 Å². The number of aliphatic carboxylic acids is 1. The summed E-state index contributed by atoms with van der Waals surface area (Å²) >= 11 is 0. The van der Waals surface area contributed by atoms with Crippen LogP contribution in [0.2, 0.25) is 0 Å². The van der Waals surface area contributed by atoms with Crippen molar-refractivity contribution < 1.29 is 24.5 Å². The molecule has 2 N–H and O–H groups in total. The molecule has 0 aliphatic rings. The molecule has 0 aromatic carbocycles. The quantitative estimate of drug-likeness (QED) is 0.553. The van der Waals surface area contributed by atoms with Crippen LogP contribution >= 0.6 is 0 Å². The predicted molar refractivity (Wildman–Crippen MR) is 120 cm³/mol. The number of ether oxygens (including phenoxy) is 1. The maximum absolute atomic E-state index is 11.2. The van der Waals surface area contributed by atoms with Gasteiger partial charge in [0.05, 0.1) is 6.61 Å². The number of esters is 1. The highest BCUT2D eigenvalue weighted by Crippen LogP contribution is 2.13. The number of carbonyl (C=O) groups excluding carboxylic acids is 1. The average molecular weight is 421 g/mol. The molecule has 0 aliphatic heterocycles. The van der Waals surface area contributed by atoms with Crippen LogP contribution < -0.4 is 0 Å². The largest absolute Gasteiger partial charge is 0.481 e. The van der Waals surface area contributed by atoms with Gasteiger partial charge in [0, 0.05) is 19.4 Å². The lowest BCUT2D eigenvalue weighted by Gasteiger charge is -2.17. The Hall–Kier alpha value is -1.18. The van der Waals surface area contributed by atoms with E-state index in [9.17, 15) is 9.59 Å². The van der Waals surface area contributed by atoms with E-state index in [1.807, 2.05) is 53.9 Å². The Morgan fingerprint density at radius 3 is 1.45 bits per heavy atom. The molecule has 7 nitrogen and oxygen atoms in total. The number of rotatable bonds is 9. The highest BCUT2D eigenvalue weighted by atomic mass is 16.5. The van der Waals surface area contributed by atoms with Gasteiger partial charge in [0.2, 0.25) is 0 Å². The fourth-order valence-electron chi connectivity index (χ4n) is 1.46. The van der Waals surface area contributed by atoms with Crippen molar-refractivity contribution in [1.82, 2.24) is 9.80 Å². The normalized spacial score (nSPS) is 11.3. The van der Waals surface area contributed by atoms with E-state index in [1.165, 1.54) is 0 Å². The number of hydrogen-bond donors (Lipinski definition) is 2. The van der Waals surface area contributed by atoms with Gasteiger partial charge in [-0.25, -0.2) is 0 Å². The zero-order chi connectivity index (χ0) is 23.7. The molecule has 0 aromatic heterocycles. The summed E-state index contributed by atoms with van der Waals surface area (Å²) in [6.45, 7) is 14.7. The number of carboxylic acids is 1.